The minimum Gasteiger partial charge on any atom is -0.395 e. The Morgan fingerprint density at radius 3 is 2.80 bits per heavy atom. The Hall–Kier alpha value is -1.05. The molecule has 0 atom stereocenters. The molecule has 2 heterocycles. The Balaban J connectivity index is 1.86. The number of thioether (sulfide) groups is 1. The maximum Gasteiger partial charge on any atom is 0.134 e. The van der Waals surface area contributed by atoms with E-state index in [-0.39, 0.29) is 6.61 Å². The van der Waals surface area contributed by atoms with E-state index in [2.05, 4.69) is 31.3 Å². The van der Waals surface area contributed by atoms with Crippen LogP contribution in [0.15, 0.2) is 12.4 Å². The maximum atomic E-state index is 8.82. The van der Waals surface area contributed by atoms with E-state index >= 15 is 0 Å². The monoisotopic (exact) mass is 297 g/mol. The molecule has 1 aromatic rings. The lowest BCUT2D eigenvalue weighted by Crippen LogP contribution is -2.47. The average Bonchev–Trinajstić information content (AvgIpc) is 2.52. The Morgan fingerprint density at radius 2 is 2.10 bits per heavy atom. The number of piperazine rings is 1. The van der Waals surface area contributed by atoms with Gasteiger partial charge >= 0.3 is 0 Å². The molecule has 0 aliphatic carbocycles. The van der Waals surface area contributed by atoms with Crippen LogP contribution < -0.4 is 10.2 Å². The van der Waals surface area contributed by atoms with Gasteiger partial charge in [-0.15, -0.1) is 0 Å². The molecule has 1 saturated heterocycles. The molecule has 1 fully saturated rings. The Morgan fingerprint density at radius 1 is 1.30 bits per heavy atom. The lowest BCUT2D eigenvalue weighted by atomic mass is 10.3. The molecule has 0 aromatic carbocycles. The molecule has 2 N–H and O–H groups in total. The summed E-state index contributed by atoms with van der Waals surface area (Å²) < 4.78 is 0. The third kappa shape index (κ3) is 4.50. The standard InChI is InChI=1S/C13H23N5OS/c1-20-9-7-17-3-5-18(6-4-17)13-10-12(14-2-8-19)15-11-16-13/h10-11,19H,2-9H2,1H3,(H,14,15,16). The van der Waals surface area contributed by atoms with Crippen molar-refractivity contribution in [2.75, 3.05) is 68.1 Å². The van der Waals surface area contributed by atoms with E-state index in [1.807, 2.05) is 17.8 Å². The van der Waals surface area contributed by atoms with Crippen molar-refractivity contribution in [1.29, 1.82) is 0 Å². The van der Waals surface area contributed by atoms with Crippen LogP contribution in [0.2, 0.25) is 0 Å². The van der Waals surface area contributed by atoms with E-state index in [4.69, 9.17) is 5.11 Å². The lowest BCUT2D eigenvalue weighted by Gasteiger charge is -2.35. The van der Waals surface area contributed by atoms with E-state index in [0.29, 0.717) is 6.54 Å². The van der Waals surface area contributed by atoms with Crippen molar-refractivity contribution < 1.29 is 5.11 Å². The molecule has 1 aliphatic heterocycles. The van der Waals surface area contributed by atoms with Gasteiger partial charge < -0.3 is 15.3 Å². The zero-order valence-corrected chi connectivity index (χ0v) is 12.8. The largest absolute Gasteiger partial charge is 0.395 e. The van der Waals surface area contributed by atoms with Gasteiger partial charge in [-0.25, -0.2) is 9.97 Å². The lowest BCUT2D eigenvalue weighted by molar-refractivity contribution is 0.272. The van der Waals surface area contributed by atoms with Crippen molar-refractivity contribution in [3.8, 4) is 0 Å². The van der Waals surface area contributed by atoms with Gasteiger partial charge in [0, 0.05) is 51.1 Å². The molecule has 6 nitrogen and oxygen atoms in total. The van der Waals surface area contributed by atoms with Crippen molar-refractivity contribution >= 4 is 23.4 Å². The van der Waals surface area contributed by atoms with Gasteiger partial charge in [-0.2, -0.15) is 11.8 Å². The Bertz CT molecular complexity index is 398. The second-order valence-electron chi connectivity index (χ2n) is 4.73. The first kappa shape index (κ1) is 15.3. The molecule has 112 valence electrons. The van der Waals surface area contributed by atoms with E-state index in [1.165, 1.54) is 12.3 Å². The minimum atomic E-state index is 0.105. The summed E-state index contributed by atoms with van der Waals surface area (Å²) in [5.74, 6) is 2.93. The van der Waals surface area contributed by atoms with Crippen LogP contribution in [0.1, 0.15) is 0 Å². The van der Waals surface area contributed by atoms with Crippen molar-refractivity contribution in [3.63, 3.8) is 0 Å². The van der Waals surface area contributed by atoms with E-state index in [9.17, 15) is 0 Å². The second kappa shape index (κ2) is 8.28. The fraction of sp³-hybridized carbons (Fsp3) is 0.692. The maximum absolute atomic E-state index is 8.82. The predicted octanol–water partition coefficient (Wildman–Crippen LogP) is 0.366. The van der Waals surface area contributed by atoms with Crippen molar-refractivity contribution in [2.24, 2.45) is 0 Å². The predicted molar refractivity (Wildman–Crippen MR) is 84.6 cm³/mol. The minimum absolute atomic E-state index is 0.105. The molecule has 0 bridgehead atoms. The molecule has 2 rings (SSSR count). The molecular weight excluding hydrogens is 274 g/mol. The molecule has 0 saturated carbocycles. The topological polar surface area (TPSA) is 64.5 Å². The van der Waals surface area contributed by atoms with Gasteiger partial charge in [-0.3, -0.25) is 4.90 Å². The van der Waals surface area contributed by atoms with Gasteiger partial charge in [0.2, 0.25) is 0 Å². The number of anilines is 2. The summed E-state index contributed by atoms with van der Waals surface area (Å²) in [7, 11) is 0. The highest BCUT2D eigenvalue weighted by molar-refractivity contribution is 7.98. The summed E-state index contributed by atoms with van der Waals surface area (Å²) in [5, 5.41) is 11.9. The summed E-state index contributed by atoms with van der Waals surface area (Å²) in [5.41, 5.74) is 0. The molecule has 20 heavy (non-hydrogen) atoms. The smallest absolute Gasteiger partial charge is 0.134 e. The first-order valence-corrected chi connectivity index (χ1v) is 8.36. The Labute approximate surface area is 124 Å². The number of nitrogens with one attached hydrogen (secondary N) is 1. The number of hydrogen-bond acceptors (Lipinski definition) is 7. The molecule has 0 radical (unpaired) electrons. The van der Waals surface area contributed by atoms with Gasteiger partial charge in [0.15, 0.2) is 0 Å². The van der Waals surface area contributed by atoms with Gasteiger partial charge in [0.25, 0.3) is 0 Å². The fourth-order valence-corrected chi connectivity index (χ4v) is 2.66. The summed E-state index contributed by atoms with van der Waals surface area (Å²) in [6, 6.07) is 1.95. The van der Waals surface area contributed by atoms with Crippen LogP contribution in [-0.2, 0) is 0 Å². The van der Waals surface area contributed by atoms with Crippen LogP contribution in [0, 0.1) is 0 Å². The fourth-order valence-electron chi connectivity index (χ4n) is 2.22. The molecule has 0 unspecified atom stereocenters. The van der Waals surface area contributed by atoms with Gasteiger partial charge in [-0.1, -0.05) is 0 Å². The summed E-state index contributed by atoms with van der Waals surface area (Å²) in [4.78, 5) is 13.3. The summed E-state index contributed by atoms with van der Waals surface area (Å²) in [6.45, 7) is 5.97. The zero-order chi connectivity index (χ0) is 14.2. The molecule has 0 spiro atoms. The third-order valence-electron chi connectivity index (χ3n) is 3.38. The Kier molecular flexibility index (Phi) is 6.35. The number of aliphatic hydroxyl groups is 1. The van der Waals surface area contributed by atoms with Crippen molar-refractivity contribution in [1.82, 2.24) is 14.9 Å². The highest BCUT2D eigenvalue weighted by Gasteiger charge is 2.17. The van der Waals surface area contributed by atoms with Gasteiger partial charge in [-0.05, 0) is 6.26 Å². The van der Waals surface area contributed by atoms with Crippen LogP contribution >= 0.6 is 11.8 Å². The summed E-state index contributed by atoms with van der Waals surface area (Å²) in [6.07, 6.45) is 3.73. The zero-order valence-electron chi connectivity index (χ0n) is 12.0. The quantitative estimate of drug-likeness (QED) is 0.753. The third-order valence-corrected chi connectivity index (χ3v) is 3.97. The number of nitrogens with zero attached hydrogens (tertiary/aromatic N) is 4. The molecule has 1 aromatic heterocycles. The highest BCUT2D eigenvalue weighted by Crippen LogP contribution is 2.16. The average molecular weight is 297 g/mol. The molecular formula is C13H23N5OS. The van der Waals surface area contributed by atoms with Crippen molar-refractivity contribution in [2.45, 2.75) is 0 Å². The van der Waals surface area contributed by atoms with Crippen LogP contribution in [-0.4, -0.2) is 77.9 Å². The number of hydrogen-bond donors (Lipinski definition) is 2. The first-order chi connectivity index (χ1) is 9.83. The van der Waals surface area contributed by atoms with Crippen LogP contribution in [0.4, 0.5) is 11.6 Å². The molecule has 7 heteroatoms. The van der Waals surface area contributed by atoms with Gasteiger partial charge in [0.1, 0.15) is 18.0 Å². The number of aromatic nitrogens is 2. The molecule has 0 amide bonds. The first-order valence-electron chi connectivity index (χ1n) is 6.96. The number of aliphatic hydroxyl groups excluding tert-OH is 1. The number of rotatable bonds is 7. The van der Waals surface area contributed by atoms with E-state index in [1.54, 1.807) is 6.33 Å². The van der Waals surface area contributed by atoms with Crippen LogP contribution in [0.25, 0.3) is 0 Å². The van der Waals surface area contributed by atoms with Crippen LogP contribution in [0.3, 0.4) is 0 Å². The highest BCUT2D eigenvalue weighted by atomic mass is 32.2. The van der Waals surface area contributed by atoms with Crippen molar-refractivity contribution in [3.05, 3.63) is 12.4 Å². The van der Waals surface area contributed by atoms with E-state index < -0.39 is 0 Å². The van der Waals surface area contributed by atoms with Gasteiger partial charge in [0.05, 0.1) is 6.61 Å². The molecule has 1 aliphatic rings. The second-order valence-corrected chi connectivity index (χ2v) is 5.72. The summed E-state index contributed by atoms with van der Waals surface area (Å²) >= 11 is 1.90. The SMILES string of the molecule is CSCCN1CCN(c2cc(NCCO)ncn2)CC1. The van der Waals surface area contributed by atoms with E-state index in [0.717, 1.165) is 37.8 Å². The normalized spacial score (nSPS) is 16.4. The van der Waals surface area contributed by atoms with Crippen LogP contribution in [0.5, 0.6) is 0 Å².